The molecule has 1 saturated carbocycles. The predicted octanol–water partition coefficient (Wildman–Crippen LogP) is 2.29. The van der Waals surface area contributed by atoms with Gasteiger partial charge in [-0.25, -0.2) is 0 Å². The van der Waals surface area contributed by atoms with E-state index in [1.54, 1.807) is 0 Å². The van der Waals surface area contributed by atoms with Crippen molar-refractivity contribution in [2.45, 2.75) is 51.2 Å². The van der Waals surface area contributed by atoms with Crippen molar-refractivity contribution in [1.82, 2.24) is 4.90 Å². The molecule has 0 bridgehead atoms. The third kappa shape index (κ3) is 2.86. The summed E-state index contributed by atoms with van der Waals surface area (Å²) in [6.07, 6.45) is 4.83. The summed E-state index contributed by atoms with van der Waals surface area (Å²) in [6, 6.07) is 5.10. The Bertz CT molecular complexity index is 334. The molecule has 0 radical (unpaired) electrons. The molecule has 1 fully saturated rings. The van der Waals surface area contributed by atoms with Gasteiger partial charge < -0.3 is 10.2 Å². The van der Waals surface area contributed by atoms with Crippen LogP contribution in [0, 0.1) is 6.92 Å². The van der Waals surface area contributed by atoms with Crippen molar-refractivity contribution in [2.24, 2.45) is 5.73 Å². The van der Waals surface area contributed by atoms with Gasteiger partial charge in [0.15, 0.2) is 0 Å². The van der Waals surface area contributed by atoms with Crippen LogP contribution in [-0.4, -0.2) is 24.0 Å². The molecule has 3 heteroatoms. The van der Waals surface area contributed by atoms with Crippen molar-refractivity contribution in [3.05, 3.63) is 23.7 Å². The van der Waals surface area contributed by atoms with E-state index >= 15 is 0 Å². The molecular formula is C13H22N2O. The fourth-order valence-corrected chi connectivity index (χ4v) is 2.55. The number of hydrogen-bond donors (Lipinski definition) is 1. The average molecular weight is 222 g/mol. The van der Waals surface area contributed by atoms with Crippen LogP contribution in [-0.2, 0) is 6.54 Å². The molecule has 0 aromatic carbocycles. The minimum absolute atomic E-state index is 0.388. The molecule has 1 aliphatic rings. The number of hydrogen-bond acceptors (Lipinski definition) is 3. The van der Waals surface area contributed by atoms with E-state index in [0.717, 1.165) is 24.5 Å². The van der Waals surface area contributed by atoms with Crippen LogP contribution >= 0.6 is 0 Å². The van der Waals surface area contributed by atoms with Gasteiger partial charge in [0.1, 0.15) is 11.5 Å². The van der Waals surface area contributed by atoms with Crippen LogP contribution in [0.3, 0.4) is 0 Å². The van der Waals surface area contributed by atoms with Gasteiger partial charge in [-0.15, -0.1) is 0 Å². The van der Waals surface area contributed by atoms with Gasteiger partial charge in [-0.05, 0) is 45.4 Å². The molecule has 2 atom stereocenters. The SMILES string of the molecule is Cc1ccc(CN(C)C2CCCC(N)C2)o1. The molecular weight excluding hydrogens is 200 g/mol. The van der Waals surface area contributed by atoms with Crippen molar-refractivity contribution >= 4 is 0 Å². The van der Waals surface area contributed by atoms with Crippen LogP contribution in [0.2, 0.25) is 0 Å². The summed E-state index contributed by atoms with van der Waals surface area (Å²) in [7, 11) is 2.17. The molecule has 1 aromatic rings. The summed E-state index contributed by atoms with van der Waals surface area (Å²) >= 11 is 0. The van der Waals surface area contributed by atoms with E-state index in [9.17, 15) is 0 Å². The lowest BCUT2D eigenvalue weighted by Gasteiger charge is -2.33. The second-order valence-electron chi connectivity index (χ2n) is 5.01. The Labute approximate surface area is 97.6 Å². The Hall–Kier alpha value is -0.800. The van der Waals surface area contributed by atoms with Crippen LogP contribution in [0.1, 0.15) is 37.2 Å². The highest BCUT2D eigenvalue weighted by atomic mass is 16.3. The number of rotatable bonds is 3. The highest BCUT2D eigenvalue weighted by molar-refractivity contribution is 5.05. The van der Waals surface area contributed by atoms with Gasteiger partial charge in [0.05, 0.1) is 6.54 Å². The van der Waals surface area contributed by atoms with Crippen molar-refractivity contribution in [3.8, 4) is 0 Å². The summed E-state index contributed by atoms with van der Waals surface area (Å²) < 4.78 is 5.60. The minimum Gasteiger partial charge on any atom is -0.465 e. The molecule has 1 aromatic heterocycles. The third-order valence-electron chi connectivity index (χ3n) is 3.51. The van der Waals surface area contributed by atoms with Crippen LogP contribution in [0.25, 0.3) is 0 Å². The maximum Gasteiger partial charge on any atom is 0.118 e. The van der Waals surface area contributed by atoms with E-state index in [2.05, 4.69) is 18.0 Å². The Morgan fingerprint density at radius 3 is 2.88 bits per heavy atom. The molecule has 2 unspecified atom stereocenters. The molecule has 3 nitrogen and oxygen atoms in total. The van der Waals surface area contributed by atoms with Gasteiger partial charge in [0, 0.05) is 12.1 Å². The summed E-state index contributed by atoms with van der Waals surface area (Å²) in [4.78, 5) is 2.37. The summed E-state index contributed by atoms with van der Waals surface area (Å²) in [5, 5.41) is 0. The Balaban J connectivity index is 1.89. The smallest absolute Gasteiger partial charge is 0.118 e. The molecule has 0 aliphatic heterocycles. The first-order chi connectivity index (χ1) is 7.65. The van der Waals surface area contributed by atoms with Gasteiger partial charge in [-0.1, -0.05) is 6.42 Å². The van der Waals surface area contributed by atoms with Gasteiger partial charge in [-0.3, -0.25) is 4.90 Å². The highest BCUT2D eigenvalue weighted by Gasteiger charge is 2.23. The third-order valence-corrected chi connectivity index (χ3v) is 3.51. The fraction of sp³-hybridized carbons (Fsp3) is 0.692. The van der Waals surface area contributed by atoms with Gasteiger partial charge in [-0.2, -0.15) is 0 Å². The fourth-order valence-electron chi connectivity index (χ4n) is 2.55. The number of furan rings is 1. The first kappa shape index (κ1) is 11.7. The summed E-state index contributed by atoms with van der Waals surface area (Å²) in [5.41, 5.74) is 6.01. The van der Waals surface area contributed by atoms with E-state index in [1.165, 1.54) is 19.3 Å². The van der Waals surface area contributed by atoms with Crippen LogP contribution in [0.5, 0.6) is 0 Å². The molecule has 1 heterocycles. The number of aryl methyl sites for hydroxylation is 1. The molecule has 16 heavy (non-hydrogen) atoms. The van der Waals surface area contributed by atoms with Crippen molar-refractivity contribution in [1.29, 1.82) is 0 Å². The molecule has 1 aliphatic carbocycles. The van der Waals surface area contributed by atoms with Crippen LogP contribution < -0.4 is 5.73 Å². The van der Waals surface area contributed by atoms with E-state index in [0.29, 0.717) is 12.1 Å². The Morgan fingerprint density at radius 1 is 1.44 bits per heavy atom. The van der Waals surface area contributed by atoms with Crippen LogP contribution in [0.15, 0.2) is 16.5 Å². The van der Waals surface area contributed by atoms with E-state index in [1.807, 2.05) is 13.0 Å². The molecule has 2 rings (SSSR count). The molecule has 2 N–H and O–H groups in total. The Morgan fingerprint density at radius 2 is 2.25 bits per heavy atom. The Kier molecular flexibility index (Phi) is 3.66. The normalized spacial score (nSPS) is 26.2. The van der Waals surface area contributed by atoms with Gasteiger partial charge in [0.25, 0.3) is 0 Å². The second-order valence-corrected chi connectivity index (χ2v) is 5.01. The summed E-state index contributed by atoms with van der Waals surface area (Å²) in [5.74, 6) is 2.04. The average Bonchev–Trinajstić information content (AvgIpc) is 2.64. The molecule has 0 amide bonds. The van der Waals surface area contributed by atoms with Gasteiger partial charge in [0.2, 0.25) is 0 Å². The predicted molar refractivity (Wildman–Crippen MR) is 65.1 cm³/mol. The lowest BCUT2D eigenvalue weighted by Crippen LogP contribution is -2.40. The van der Waals surface area contributed by atoms with Crippen molar-refractivity contribution in [2.75, 3.05) is 7.05 Å². The first-order valence-corrected chi connectivity index (χ1v) is 6.16. The zero-order chi connectivity index (χ0) is 11.5. The monoisotopic (exact) mass is 222 g/mol. The minimum atomic E-state index is 0.388. The largest absolute Gasteiger partial charge is 0.465 e. The van der Waals surface area contributed by atoms with Crippen LogP contribution in [0.4, 0.5) is 0 Å². The van der Waals surface area contributed by atoms with Crippen molar-refractivity contribution in [3.63, 3.8) is 0 Å². The maximum atomic E-state index is 6.01. The number of nitrogens with two attached hydrogens (primary N) is 1. The van der Waals surface area contributed by atoms with Crippen molar-refractivity contribution < 1.29 is 4.42 Å². The second kappa shape index (κ2) is 5.02. The zero-order valence-corrected chi connectivity index (χ0v) is 10.3. The quantitative estimate of drug-likeness (QED) is 0.853. The molecule has 0 saturated heterocycles. The summed E-state index contributed by atoms with van der Waals surface area (Å²) in [6.45, 7) is 2.88. The molecule has 0 spiro atoms. The van der Waals surface area contributed by atoms with Gasteiger partial charge >= 0.3 is 0 Å². The maximum absolute atomic E-state index is 6.01. The van der Waals surface area contributed by atoms with E-state index < -0.39 is 0 Å². The molecule has 90 valence electrons. The lowest BCUT2D eigenvalue weighted by molar-refractivity contribution is 0.162. The highest BCUT2D eigenvalue weighted by Crippen LogP contribution is 2.22. The van der Waals surface area contributed by atoms with E-state index in [-0.39, 0.29) is 0 Å². The zero-order valence-electron chi connectivity index (χ0n) is 10.3. The lowest BCUT2D eigenvalue weighted by atomic mass is 9.91. The number of nitrogens with zero attached hydrogens (tertiary/aromatic N) is 1. The topological polar surface area (TPSA) is 42.4 Å². The first-order valence-electron chi connectivity index (χ1n) is 6.16. The standard InChI is InChI=1S/C13H22N2O/c1-10-6-7-13(16-10)9-15(2)12-5-3-4-11(14)8-12/h6-7,11-12H,3-5,8-9,14H2,1-2H3. The van der Waals surface area contributed by atoms with E-state index in [4.69, 9.17) is 10.2 Å².